The number of rotatable bonds is 5. The van der Waals surface area contributed by atoms with Crippen molar-refractivity contribution >= 4 is 12.0 Å². The van der Waals surface area contributed by atoms with E-state index < -0.39 is 23.8 Å². The van der Waals surface area contributed by atoms with Crippen LogP contribution in [-0.4, -0.2) is 71.1 Å². The molecule has 3 heterocycles. The van der Waals surface area contributed by atoms with E-state index in [1.807, 2.05) is 0 Å². The van der Waals surface area contributed by atoms with Gasteiger partial charge in [-0.25, -0.2) is 9.78 Å². The van der Waals surface area contributed by atoms with Gasteiger partial charge in [-0.2, -0.15) is 0 Å². The first-order chi connectivity index (χ1) is 16.9. The minimum Gasteiger partial charge on any atom is -0.444 e. The first-order valence-electron chi connectivity index (χ1n) is 11.5. The number of carbonyl (C=O) groups is 2. The molecule has 194 valence electrons. The molecule has 2 aromatic rings. The highest BCUT2D eigenvalue weighted by molar-refractivity contribution is 5.97. The number of fused-ring (bicyclic) bond motifs is 1. The number of nitrogens with zero attached hydrogens (tertiary/aromatic N) is 3. The minimum absolute atomic E-state index is 0.126. The quantitative estimate of drug-likeness (QED) is 0.587. The molecule has 0 radical (unpaired) electrons. The van der Waals surface area contributed by atoms with Gasteiger partial charge in [0.2, 0.25) is 0 Å². The Balaban J connectivity index is 1.56. The maximum Gasteiger partial charge on any atom is 0.573 e. The molecule has 0 unspecified atom stereocenters. The number of hydrogen-bond donors (Lipinski definition) is 0. The van der Waals surface area contributed by atoms with Gasteiger partial charge in [0.25, 0.3) is 5.91 Å². The summed E-state index contributed by atoms with van der Waals surface area (Å²) >= 11 is 0. The van der Waals surface area contributed by atoms with Crippen LogP contribution >= 0.6 is 0 Å². The Morgan fingerprint density at radius 2 is 1.86 bits per heavy atom. The van der Waals surface area contributed by atoms with Gasteiger partial charge in [-0.15, -0.1) is 13.2 Å². The lowest BCUT2D eigenvalue weighted by atomic mass is 10.1. The first-order valence-corrected chi connectivity index (χ1v) is 11.5. The number of methoxy groups -OCH3 is 1. The third-order valence-electron chi connectivity index (χ3n) is 5.99. The van der Waals surface area contributed by atoms with Crippen molar-refractivity contribution in [2.24, 2.45) is 0 Å². The average molecular weight is 508 g/mol. The molecular formula is C25H28F3N3O5. The van der Waals surface area contributed by atoms with E-state index in [4.69, 9.17) is 9.47 Å². The van der Waals surface area contributed by atoms with Gasteiger partial charge in [-0.1, -0.05) is 18.2 Å². The summed E-state index contributed by atoms with van der Waals surface area (Å²) in [7, 11) is 1.54. The molecular weight excluding hydrogens is 479 g/mol. The van der Waals surface area contributed by atoms with Gasteiger partial charge in [-0.3, -0.25) is 4.79 Å². The Kier molecular flexibility index (Phi) is 6.87. The lowest BCUT2D eigenvalue weighted by Crippen LogP contribution is -2.43. The van der Waals surface area contributed by atoms with Crippen LogP contribution in [0, 0.1) is 0 Å². The number of aromatic nitrogens is 1. The van der Waals surface area contributed by atoms with E-state index in [0.29, 0.717) is 18.6 Å². The van der Waals surface area contributed by atoms with Gasteiger partial charge >= 0.3 is 12.5 Å². The van der Waals surface area contributed by atoms with Gasteiger partial charge in [0.15, 0.2) is 0 Å². The van der Waals surface area contributed by atoms with Crippen LogP contribution in [-0.2, 0) is 16.0 Å². The number of hydrogen-bond acceptors (Lipinski definition) is 6. The summed E-state index contributed by atoms with van der Waals surface area (Å²) in [6.45, 7) is 6.21. The zero-order chi connectivity index (χ0) is 26.3. The SMILES string of the molecule is COC[C@@H]1C[C@@H](N2Cc3ccc(-c4ccccc4OC(F)(F)F)nc3C2=O)CN1C(=O)OC(C)(C)C. The molecule has 0 aliphatic carbocycles. The summed E-state index contributed by atoms with van der Waals surface area (Å²) in [5, 5.41) is 0. The van der Waals surface area contributed by atoms with Crippen LogP contribution in [0.25, 0.3) is 11.3 Å². The Labute approximate surface area is 206 Å². The molecule has 2 atom stereocenters. The smallest absolute Gasteiger partial charge is 0.444 e. The van der Waals surface area contributed by atoms with Crippen molar-refractivity contribution in [2.45, 2.75) is 57.8 Å². The van der Waals surface area contributed by atoms with Gasteiger partial charge in [0, 0.05) is 31.3 Å². The maximum absolute atomic E-state index is 13.3. The normalized spacial score (nSPS) is 20.0. The number of para-hydroxylation sites is 1. The number of likely N-dealkylation sites (tertiary alicyclic amines) is 1. The summed E-state index contributed by atoms with van der Waals surface area (Å²) in [4.78, 5) is 33.8. The molecule has 4 rings (SSSR count). The molecule has 1 aromatic carbocycles. The van der Waals surface area contributed by atoms with E-state index in [-0.39, 0.29) is 48.0 Å². The molecule has 2 aliphatic heterocycles. The number of benzene rings is 1. The van der Waals surface area contributed by atoms with E-state index in [2.05, 4.69) is 9.72 Å². The lowest BCUT2D eigenvalue weighted by Gasteiger charge is -2.28. The topological polar surface area (TPSA) is 81.2 Å². The molecule has 0 bridgehead atoms. The fourth-order valence-electron chi connectivity index (χ4n) is 4.54. The zero-order valence-electron chi connectivity index (χ0n) is 20.5. The van der Waals surface area contributed by atoms with Crippen molar-refractivity contribution in [3.05, 3.63) is 47.7 Å². The Morgan fingerprint density at radius 1 is 1.14 bits per heavy atom. The average Bonchev–Trinajstić information content (AvgIpc) is 3.33. The van der Waals surface area contributed by atoms with Crippen LogP contribution in [0.2, 0.25) is 0 Å². The van der Waals surface area contributed by atoms with E-state index in [1.165, 1.54) is 18.2 Å². The fraction of sp³-hybridized carbons (Fsp3) is 0.480. The summed E-state index contributed by atoms with van der Waals surface area (Å²) in [6.07, 6.45) is -4.83. The van der Waals surface area contributed by atoms with Gasteiger partial charge in [0.1, 0.15) is 17.0 Å². The monoisotopic (exact) mass is 507 g/mol. The molecule has 11 heteroatoms. The largest absolute Gasteiger partial charge is 0.573 e. The standard InChI is InChI=1S/C25H28F3N3O5/c1-24(2,3)36-23(33)31-13-16(11-17(31)14-34-4)30-12-15-9-10-19(29-21(15)22(30)32)18-7-5-6-8-20(18)35-25(26,27)28/h5-10,16-17H,11-14H2,1-4H3/t16-,17+/m1/s1. The molecule has 2 aliphatic rings. The lowest BCUT2D eigenvalue weighted by molar-refractivity contribution is -0.274. The highest BCUT2D eigenvalue weighted by atomic mass is 19.4. The molecule has 1 saturated heterocycles. The number of pyridine rings is 1. The van der Waals surface area contributed by atoms with Crippen molar-refractivity contribution in [3.63, 3.8) is 0 Å². The molecule has 0 N–H and O–H groups in total. The predicted octanol–water partition coefficient (Wildman–Crippen LogP) is 4.63. The van der Waals surface area contributed by atoms with Crippen molar-refractivity contribution in [2.75, 3.05) is 20.3 Å². The van der Waals surface area contributed by atoms with Gasteiger partial charge < -0.3 is 24.0 Å². The second-order valence-electron chi connectivity index (χ2n) is 9.81. The number of ether oxygens (including phenoxy) is 3. The van der Waals surface area contributed by atoms with Crippen molar-refractivity contribution < 1.29 is 37.0 Å². The number of carbonyl (C=O) groups excluding carboxylic acids is 2. The molecule has 0 spiro atoms. The second-order valence-corrected chi connectivity index (χ2v) is 9.81. The van der Waals surface area contributed by atoms with Crippen LogP contribution < -0.4 is 4.74 Å². The molecule has 8 nitrogen and oxygen atoms in total. The van der Waals surface area contributed by atoms with E-state index >= 15 is 0 Å². The molecule has 0 saturated carbocycles. The number of alkyl halides is 3. The number of amides is 2. The van der Waals surface area contributed by atoms with Crippen LogP contribution in [0.4, 0.5) is 18.0 Å². The van der Waals surface area contributed by atoms with E-state index in [1.54, 1.807) is 55.9 Å². The minimum atomic E-state index is -4.86. The van der Waals surface area contributed by atoms with Crippen molar-refractivity contribution in [3.8, 4) is 17.0 Å². The fourth-order valence-corrected chi connectivity index (χ4v) is 4.54. The zero-order valence-corrected chi connectivity index (χ0v) is 20.5. The molecule has 36 heavy (non-hydrogen) atoms. The predicted molar refractivity (Wildman–Crippen MR) is 123 cm³/mol. The van der Waals surface area contributed by atoms with E-state index in [0.717, 1.165) is 0 Å². The van der Waals surface area contributed by atoms with Crippen molar-refractivity contribution in [1.82, 2.24) is 14.8 Å². The molecule has 2 amide bonds. The Hall–Kier alpha value is -3.34. The van der Waals surface area contributed by atoms with Crippen LogP contribution in [0.3, 0.4) is 0 Å². The van der Waals surface area contributed by atoms with Crippen LogP contribution in [0.5, 0.6) is 5.75 Å². The molecule has 1 fully saturated rings. The number of halogens is 3. The first kappa shape index (κ1) is 25.7. The van der Waals surface area contributed by atoms with Gasteiger partial charge in [0.05, 0.1) is 24.4 Å². The van der Waals surface area contributed by atoms with Gasteiger partial charge in [-0.05, 0) is 45.4 Å². The Morgan fingerprint density at radius 3 is 2.53 bits per heavy atom. The van der Waals surface area contributed by atoms with Crippen LogP contribution in [0.15, 0.2) is 36.4 Å². The second kappa shape index (κ2) is 9.61. The summed E-state index contributed by atoms with van der Waals surface area (Å²) in [5.74, 6) is -0.737. The highest BCUT2D eigenvalue weighted by Crippen LogP contribution is 2.36. The summed E-state index contributed by atoms with van der Waals surface area (Å²) in [5.41, 5.74) is 0.494. The van der Waals surface area contributed by atoms with E-state index in [9.17, 15) is 22.8 Å². The summed E-state index contributed by atoms with van der Waals surface area (Å²) in [6, 6.07) is 8.37. The van der Waals surface area contributed by atoms with Crippen molar-refractivity contribution in [1.29, 1.82) is 0 Å². The maximum atomic E-state index is 13.3. The molecule has 1 aromatic heterocycles. The van der Waals surface area contributed by atoms with Crippen LogP contribution in [0.1, 0.15) is 43.2 Å². The highest BCUT2D eigenvalue weighted by Gasteiger charge is 2.44. The third kappa shape index (κ3) is 5.56. The summed E-state index contributed by atoms with van der Waals surface area (Å²) < 4.78 is 53.5. The Bertz CT molecular complexity index is 1150. The third-order valence-corrected chi connectivity index (χ3v) is 5.99.